The van der Waals surface area contributed by atoms with Crippen molar-refractivity contribution in [2.75, 3.05) is 13.1 Å². The van der Waals surface area contributed by atoms with Crippen LogP contribution < -0.4 is 0 Å². The molecular weight excluding hydrogens is 206 g/mol. The average Bonchev–Trinajstić information content (AvgIpc) is 2.50. The lowest BCUT2D eigenvalue weighted by molar-refractivity contribution is 0.0689. The van der Waals surface area contributed by atoms with Gasteiger partial charge in [0.05, 0.1) is 0 Å². The molecule has 16 heavy (non-hydrogen) atoms. The van der Waals surface area contributed by atoms with Crippen LogP contribution in [0.3, 0.4) is 0 Å². The molecular formula is C11H17N3O2. The molecule has 0 fully saturated rings. The second-order valence-electron chi connectivity index (χ2n) is 4.46. The molecule has 5 nitrogen and oxygen atoms in total. The zero-order valence-electron chi connectivity index (χ0n) is 9.66. The van der Waals surface area contributed by atoms with E-state index >= 15 is 0 Å². The van der Waals surface area contributed by atoms with E-state index < -0.39 is 5.97 Å². The van der Waals surface area contributed by atoms with E-state index in [1.807, 2.05) is 0 Å². The van der Waals surface area contributed by atoms with Crippen molar-refractivity contribution in [3.8, 4) is 0 Å². The number of aromatic carboxylic acids is 1. The lowest BCUT2D eigenvalue weighted by Gasteiger charge is -2.23. The zero-order valence-corrected chi connectivity index (χ0v) is 9.66. The molecule has 1 aliphatic heterocycles. The Labute approximate surface area is 94.5 Å². The van der Waals surface area contributed by atoms with Gasteiger partial charge in [-0.25, -0.2) is 4.79 Å². The SMILES string of the molecule is CC(C)N1CCc2[nH]nc(C(=O)O)c2CC1. The van der Waals surface area contributed by atoms with E-state index in [0.29, 0.717) is 6.04 Å². The van der Waals surface area contributed by atoms with Gasteiger partial charge in [0.1, 0.15) is 0 Å². The van der Waals surface area contributed by atoms with Crippen LogP contribution in [0.4, 0.5) is 0 Å². The maximum absolute atomic E-state index is 11.0. The van der Waals surface area contributed by atoms with Crippen molar-refractivity contribution in [1.29, 1.82) is 0 Å². The summed E-state index contributed by atoms with van der Waals surface area (Å²) in [5, 5.41) is 15.7. The Morgan fingerprint density at radius 1 is 1.44 bits per heavy atom. The molecule has 2 heterocycles. The zero-order chi connectivity index (χ0) is 11.7. The smallest absolute Gasteiger partial charge is 0.356 e. The second-order valence-corrected chi connectivity index (χ2v) is 4.46. The molecule has 0 radical (unpaired) electrons. The van der Waals surface area contributed by atoms with Gasteiger partial charge in [0, 0.05) is 36.8 Å². The third-order valence-corrected chi connectivity index (χ3v) is 3.18. The third kappa shape index (κ3) is 1.95. The summed E-state index contributed by atoms with van der Waals surface area (Å²) in [7, 11) is 0. The number of carbonyl (C=O) groups is 1. The maximum Gasteiger partial charge on any atom is 0.356 e. The van der Waals surface area contributed by atoms with E-state index in [2.05, 4.69) is 28.9 Å². The van der Waals surface area contributed by atoms with Gasteiger partial charge in [0.2, 0.25) is 0 Å². The summed E-state index contributed by atoms with van der Waals surface area (Å²) in [6, 6.07) is 0.505. The average molecular weight is 223 g/mol. The number of nitrogens with zero attached hydrogens (tertiary/aromatic N) is 2. The summed E-state index contributed by atoms with van der Waals surface area (Å²) in [5.74, 6) is -0.935. The predicted molar refractivity (Wildman–Crippen MR) is 59.7 cm³/mol. The first kappa shape index (κ1) is 11.1. The maximum atomic E-state index is 11.0. The number of hydrogen-bond acceptors (Lipinski definition) is 3. The fraction of sp³-hybridized carbons (Fsp3) is 0.636. The van der Waals surface area contributed by atoms with Crippen molar-refractivity contribution in [3.05, 3.63) is 17.0 Å². The van der Waals surface area contributed by atoms with E-state index in [0.717, 1.165) is 37.2 Å². The van der Waals surface area contributed by atoms with Crippen molar-refractivity contribution in [3.63, 3.8) is 0 Å². The summed E-state index contributed by atoms with van der Waals surface area (Å²) < 4.78 is 0. The molecule has 0 spiro atoms. The number of carboxylic acids is 1. The van der Waals surface area contributed by atoms with Crippen molar-refractivity contribution in [2.45, 2.75) is 32.7 Å². The van der Waals surface area contributed by atoms with Crippen molar-refractivity contribution in [1.82, 2.24) is 15.1 Å². The van der Waals surface area contributed by atoms with Crippen LogP contribution in [0, 0.1) is 0 Å². The molecule has 2 N–H and O–H groups in total. The number of rotatable bonds is 2. The molecule has 1 aliphatic rings. The van der Waals surface area contributed by atoms with Gasteiger partial charge in [-0.15, -0.1) is 0 Å². The third-order valence-electron chi connectivity index (χ3n) is 3.18. The number of aromatic amines is 1. The number of aromatic nitrogens is 2. The number of nitrogens with one attached hydrogen (secondary N) is 1. The Morgan fingerprint density at radius 2 is 2.12 bits per heavy atom. The summed E-state index contributed by atoms with van der Waals surface area (Å²) in [6.45, 7) is 6.20. The normalized spacial score (nSPS) is 17.2. The molecule has 5 heteroatoms. The van der Waals surface area contributed by atoms with Crippen LogP contribution in [-0.2, 0) is 12.8 Å². The van der Waals surface area contributed by atoms with E-state index in [-0.39, 0.29) is 5.69 Å². The first-order valence-electron chi connectivity index (χ1n) is 5.63. The molecule has 0 bridgehead atoms. The lowest BCUT2D eigenvalue weighted by atomic mass is 10.1. The van der Waals surface area contributed by atoms with Crippen LogP contribution in [0.15, 0.2) is 0 Å². The highest BCUT2D eigenvalue weighted by atomic mass is 16.4. The van der Waals surface area contributed by atoms with Gasteiger partial charge in [-0.3, -0.25) is 5.10 Å². The van der Waals surface area contributed by atoms with Crippen molar-refractivity contribution >= 4 is 5.97 Å². The Balaban J connectivity index is 2.22. The van der Waals surface area contributed by atoms with E-state index in [1.165, 1.54) is 0 Å². The fourth-order valence-corrected chi connectivity index (χ4v) is 2.19. The first-order valence-corrected chi connectivity index (χ1v) is 5.63. The van der Waals surface area contributed by atoms with Gasteiger partial charge in [-0.05, 0) is 20.3 Å². The van der Waals surface area contributed by atoms with Gasteiger partial charge < -0.3 is 10.0 Å². The highest BCUT2D eigenvalue weighted by Gasteiger charge is 2.23. The van der Waals surface area contributed by atoms with Crippen LogP contribution in [0.5, 0.6) is 0 Å². The Kier molecular flexibility index (Phi) is 2.96. The minimum Gasteiger partial charge on any atom is -0.476 e. The van der Waals surface area contributed by atoms with Gasteiger partial charge in [0.15, 0.2) is 5.69 Å². The second kappa shape index (κ2) is 4.25. The monoisotopic (exact) mass is 223 g/mol. The van der Waals surface area contributed by atoms with Crippen LogP contribution in [-0.4, -0.2) is 45.3 Å². The first-order chi connectivity index (χ1) is 7.59. The van der Waals surface area contributed by atoms with Crippen molar-refractivity contribution < 1.29 is 9.90 Å². The van der Waals surface area contributed by atoms with Crippen LogP contribution >= 0.6 is 0 Å². The molecule has 0 aromatic carbocycles. The summed E-state index contributed by atoms with van der Waals surface area (Å²) in [5.41, 5.74) is 2.07. The van der Waals surface area contributed by atoms with E-state index in [9.17, 15) is 4.79 Å². The number of hydrogen-bond donors (Lipinski definition) is 2. The minimum absolute atomic E-state index is 0.195. The Morgan fingerprint density at radius 3 is 2.75 bits per heavy atom. The number of H-pyrrole nitrogens is 1. The minimum atomic E-state index is -0.935. The van der Waals surface area contributed by atoms with E-state index in [4.69, 9.17) is 5.11 Å². The molecule has 88 valence electrons. The molecule has 0 unspecified atom stereocenters. The number of fused-ring (bicyclic) bond motifs is 1. The molecule has 0 saturated heterocycles. The molecule has 0 amide bonds. The highest BCUT2D eigenvalue weighted by molar-refractivity contribution is 5.87. The molecule has 0 saturated carbocycles. The van der Waals surface area contributed by atoms with Gasteiger partial charge >= 0.3 is 5.97 Å². The fourth-order valence-electron chi connectivity index (χ4n) is 2.19. The van der Waals surface area contributed by atoms with Gasteiger partial charge in [-0.2, -0.15) is 5.10 Å². The molecule has 1 aromatic rings. The Hall–Kier alpha value is -1.36. The predicted octanol–water partition coefficient (Wildman–Crippen LogP) is 0.917. The van der Waals surface area contributed by atoms with E-state index in [1.54, 1.807) is 0 Å². The van der Waals surface area contributed by atoms with Crippen LogP contribution in [0.25, 0.3) is 0 Å². The molecule has 0 atom stereocenters. The number of carboxylic acid groups (broad SMARTS) is 1. The summed E-state index contributed by atoms with van der Waals surface area (Å²) >= 11 is 0. The van der Waals surface area contributed by atoms with Gasteiger partial charge in [-0.1, -0.05) is 0 Å². The van der Waals surface area contributed by atoms with Crippen LogP contribution in [0.2, 0.25) is 0 Å². The lowest BCUT2D eigenvalue weighted by Crippen LogP contribution is -2.33. The van der Waals surface area contributed by atoms with Gasteiger partial charge in [0.25, 0.3) is 0 Å². The standard InChI is InChI=1S/C11H17N3O2/c1-7(2)14-5-3-8-9(4-6-14)12-13-10(8)11(15)16/h7H,3-6H2,1-2H3,(H,12,13)(H,15,16). The largest absolute Gasteiger partial charge is 0.476 e. The summed E-state index contributed by atoms with van der Waals surface area (Å²) in [4.78, 5) is 13.3. The highest BCUT2D eigenvalue weighted by Crippen LogP contribution is 2.18. The molecule has 1 aromatic heterocycles. The molecule has 0 aliphatic carbocycles. The summed E-state index contributed by atoms with van der Waals surface area (Å²) in [6.07, 6.45) is 1.62. The molecule has 2 rings (SSSR count). The van der Waals surface area contributed by atoms with Crippen LogP contribution in [0.1, 0.15) is 35.6 Å². The Bertz CT molecular complexity index is 398. The quantitative estimate of drug-likeness (QED) is 0.782. The topological polar surface area (TPSA) is 69.2 Å². The van der Waals surface area contributed by atoms with Crippen molar-refractivity contribution in [2.24, 2.45) is 0 Å².